The van der Waals surface area contributed by atoms with Gasteiger partial charge in [0.2, 0.25) is 0 Å². The third kappa shape index (κ3) is 2.81. The van der Waals surface area contributed by atoms with E-state index in [2.05, 4.69) is 34.6 Å². The lowest BCUT2D eigenvalue weighted by molar-refractivity contribution is -0.287. The fraction of sp³-hybridized carbons (Fsp3) is 0.767. The van der Waals surface area contributed by atoms with Crippen LogP contribution in [-0.4, -0.2) is 52.8 Å². The maximum atomic E-state index is 13.8. The highest BCUT2D eigenvalue weighted by Crippen LogP contribution is 2.82. The molecule has 1 aromatic rings. The molecule has 4 aliphatic carbocycles. The van der Waals surface area contributed by atoms with Crippen LogP contribution in [0.2, 0.25) is 0 Å². The number of ether oxygens (including phenoxy) is 3. The minimum Gasteiger partial charge on any atom is -0.472 e. The van der Waals surface area contributed by atoms with Crippen molar-refractivity contribution in [3.05, 3.63) is 24.2 Å². The molecule has 4 saturated carbocycles. The Kier molecular flexibility index (Phi) is 5.29. The fourth-order valence-corrected chi connectivity index (χ4v) is 10.6. The Morgan fingerprint density at radius 1 is 1.00 bits per heavy atom. The van der Waals surface area contributed by atoms with Crippen molar-refractivity contribution in [3.8, 4) is 0 Å². The van der Waals surface area contributed by atoms with Crippen LogP contribution in [-0.2, 0) is 28.6 Å². The van der Waals surface area contributed by atoms with Gasteiger partial charge in [0.1, 0.15) is 23.9 Å². The van der Waals surface area contributed by atoms with Crippen molar-refractivity contribution in [1.82, 2.24) is 0 Å². The van der Waals surface area contributed by atoms with Gasteiger partial charge in [-0.05, 0) is 37.2 Å². The van der Waals surface area contributed by atoms with Crippen molar-refractivity contribution in [3.63, 3.8) is 0 Å². The van der Waals surface area contributed by atoms with E-state index in [1.54, 1.807) is 12.5 Å². The molecule has 0 radical (unpaired) electrons. The van der Waals surface area contributed by atoms with Crippen LogP contribution in [0.4, 0.5) is 0 Å². The number of esters is 2. The van der Waals surface area contributed by atoms with Gasteiger partial charge < -0.3 is 23.7 Å². The van der Waals surface area contributed by atoms with Crippen molar-refractivity contribution in [2.75, 3.05) is 0 Å². The number of carbonyl (C=O) groups is 3. The number of fused-ring (bicyclic) bond motifs is 3. The van der Waals surface area contributed by atoms with Crippen molar-refractivity contribution < 1.29 is 38.1 Å². The smallest absolute Gasteiger partial charge is 0.302 e. The maximum Gasteiger partial charge on any atom is 0.302 e. The van der Waals surface area contributed by atoms with Crippen LogP contribution in [0.5, 0.6) is 0 Å². The monoisotopic (exact) mass is 528 g/mol. The van der Waals surface area contributed by atoms with E-state index in [1.807, 2.05) is 6.07 Å². The van der Waals surface area contributed by atoms with Crippen molar-refractivity contribution in [2.45, 2.75) is 110 Å². The number of rotatable bonds is 3. The lowest BCUT2D eigenvalue weighted by Crippen LogP contribution is -2.73. The molecule has 208 valence electrons. The standard InChI is InChI=1S/C30H40O8/c1-15(31)36-21-13-22(37-16(2)32)28(6)18-8-10-27(5)23(17-9-11-35-14-17)24(34)25-30(27,38-25)29(18,7)20(33)12-19(28)26(21,3)4/h9,11,14,18-23,25,33H,8,10,12-13H2,1-7H3/t18-,19+,20-,21-,22+,23-,25?,27+,28-,29?,30?/m1/s1. The number of carbonyl (C=O) groups excluding carboxylic acids is 3. The van der Waals surface area contributed by atoms with Crippen LogP contribution in [0.25, 0.3) is 0 Å². The molecule has 2 heterocycles. The topological polar surface area (TPSA) is 116 Å². The summed E-state index contributed by atoms with van der Waals surface area (Å²) in [6.07, 6.45) is 3.30. The number of Topliss-reactive ketones (excluding diaryl/α,β-unsaturated/α-hetero) is 1. The van der Waals surface area contributed by atoms with Gasteiger partial charge in [-0.3, -0.25) is 14.4 Å². The number of furan rings is 1. The Hall–Kier alpha value is -2.19. The van der Waals surface area contributed by atoms with Gasteiger partial charge in [0.25, 0.3) is 0 Å². The molecule has 1 aliphatic heterocycles. The lowest BCUT2D eigenvalue weighted by atomic mass is 9.35. The Morgan fingerprint density at radius 3 is 2.26 bits per heavy atom. The molecule has 6 rings (SSSR count). The van der Waals surface area contributed by atoms with Crippen LogP contribution in [0.15, 0.2) is 23.0 Å². The molecule has 1 saturated heterocycles. The molecular formula is C30H40O8. The van der Waals surface area contributed by atoms with Gasteiger partial charge in [-0.25, -0.2) is 0 Å². The first kappa shape index (κ1) is 26.1. The van der Waals surface area contributed by atoms with Crippen molar-refractivity contribution >= 4 is 17.7 Å². The van der Waals surface area contributed by atoms with Crippen LogP contribution in [0.3, 0.4) is 0 Å². The second-order valence-electron chi connectivity index (χ2n) is 13.8. The molecule has 5 aliphatic rings. The summed E-state index contributed by atoms with van der Waals surface area (Å²) in [4.78, 5) is 38.2. The average Bonchev–Trinajstić information content (AvgIpc) is 3.30. The summed E-state index contributed by atoms with van der Waals surface area (Å²) < 4.78 is 23.7. The maximum absolute atomic E-state index is 13.8. The normalized spacial score (nSPS) is 50.2. The summed E-state index contributed by atoms with van der Waals surface area (Å²) in [6.45, 7) is 13.4. The van der Waals surface area contributed by atoms with Crippen LogP contribution >= 0.6 is 0 Å². The summed E-state index contributed by atoms with van der Waals surface area (Å²) in [5.74, 6) is -1.21. The van der Waals surface area contributed by atoms with Crippen LogP contribution in [0.1, 0.15) is 85.6 Å². The predicted molar refractivity (Wildman–Crippen MR) is 135 cm³/mol. The number of aliphatic hydroxyl groups excluding tert-OH is 1. The van der Waals surface area contributed by atoms with E-state index >= 15 is 0 Å². The molecule has 1 aromatic heterocycles. The molecule has 11 atom stereocenters. The fourth-order valence-electron chi connectivity index (χ4n) is 10.6. The summed E-state index contributed by atoms with van der Waals surface area (Å²) in [5.41, 5.74) is -2.19. The molecular weight excluding hydrogens is 488 g/mol. The van der Waals surface area contributed by atoms with Gasteiger partial charge in [-0.15, -0.1) is 0 Å². The average molecular weight is 529 g/mol. The highest BCUT2D eigenvalue weighted by molar-refractivity contribution is 5.98. The van der Waals surface area contributed by atoms with E-state index in [4.69, 9.17) is 18.6 Å². The summed E-state index contributed by atoms with van der Waals surface area (Å²) in [7, 11) is 0. The zero-order valence-corrected chi connectivity index (χ0v) is 23.4. The highest BCUT2D eigenvalue weighted by Gasteiger charge is 2.90. The first-order valence-corrected chi connectivity index (χ1v) is 13.9. The SMILES string of the molecule is CC(=O)O[C@H]1C[C@@H](OC(C)=O)C(C)(C)[C@@H]2C[C@@H](O)C3(C)[C@H](CC[C@@]4(C)[C@H](c5ccoc5)C(=O)C5OC534)[C@@]12C. The first-order chi connectivity index (χ1) is 17.7. The summed E-state index contributed by atoms with van der Waals surface area (Å²) in [5, 5.41) is 12.1. The third-order valence-corrected chi connectivity index (χ3v) is 12.1. The number of hydrogen-bond acceptors (Lipinski definition) is 8. The molecule has 0 amide bonds. The van der Waals surface area contributed by atoms with E-state index in [-0.39, 0.29) is 35.5 Å². The Bertz CT molecular complexity index is 1190. The second kappa shape index (κ2) is 7.72. The number of hydrogen-bond donors (Lipinski definition) is 1. The van der Waals surface area contributed by atoms with E-state index in [9.17, 15) is 19.5 Å². The van der Waals surface area contributed by atoms with Gasteiger partial charge in [-0.2, -0.15) is 0 Å². The third-order valence-electron chi connectivity index (χ3n) is 12.1. The minimum absolute atomic E-state index is 0.0608. The number of aliphatic hydroxyl groups is 1. The molecule has 0 aromatic carbocycles. The Balaban J connectivity index is 1.48. The van der Waals surface area contributed by atoms with Gasteiger partial charge in [0.15, 0.2) is 5.78 Å². The van der Waals surface area contributed by atoms with Crippen LogP contribution in [0, 0.1) is 33.5 Å². The Morgan fingerprint density at radius 2 is 1.66 bits per heavy atom. The zero-order chi connectivity index (χ0) is 27.6. The molecule has 8 heteroatoms. The zero-order valence-electron chi connectivity index (χ0n) is 23.4. The van der Waals surface area contributed by atoms with Crippen molar-refractivity contribution in [2.24, 2.45) is 33.5 Å². The number of ketones is 1. The molecule has 0 bridgehead atoms. The van der Waals surface area contributed by atoms with Crippen LogP contribution < -0.4 is 0 Å². The largest absolute Gasteiger partial charge is 0.472 e. The highest BCUT2D eigenvalue weighted by atomic mass is 16.6. The number of epoxide rings is 1. The van der Waals surface area contributed by atoms with E-state index in [0.29, 0.717) is 12.8 Å². The van der Waals surface area contributed by atoms with E-state index in [1.165, 1.54) is 13.8 Å². The lowest BCUT2D eigenvalue weighted by Gasteiger charge is -2.70. The van der Waals surface area contributed by atoms with Gasteiger partial charge in [0.05, 0.1) is 24.5 Å². The van der Waals surface area contributed by atoms with E-state index < -0.39 is 51.7 Å². The molecule has 5 fully saturated rings. The predicted octanol–water partition coefficient (Wildman–Crippen LogP) is 4.19. The van der Waals surface area contributed by atoms with Gasteiger partial charge in [-0.1, -0.05) is 34.6 Å². The quantitative estimate of drug-likeness (QED) is 0.459. The molecule has 3 unspecified atom stereocenters. The molecule has 8 nitrogen and oxygen atoms in total. The Labute approximate surface area is 223 Å². The van der Waals surface area contributed by atoms with Crippen molar-refractivity contribution in [1.29, 1.82) is 0 Å². The van der Waals surface area contributed by atoms with Gasteiger partial charge >= 0.3 is 11.9 Å². The second-order valence-corrected chi connectivity index (χ2v) is 13.8. The first-order valence-electron chi connectivity index (χ1n) is 13.9. The minimum atomic E-state index is -0.813. The molecule has 38 heavy (non-hydrogen) atoms. The van der Waals surface area contributed by atoms with E-state index in [0.717, 1.165) is 18.4 Å². The summed E-state index contributed by atoms with van der Waals surface area (Å²) in [6, 6.07) is 1.87. The summed E-state index contributed by atoms with van der Waals surface area (Å²) >= 11 is 0. The van der Waals surface area contributed by atoms with Gasteiger partial charge in [0, 0.05) is 47.5 Å². The molecule has 1 N–H and O–H groups in total. The molecule has 1 spiro atoms.